The number of hydrogen-bond acceptors (Lipinski definition) is 5. The van der Waals surface area contributed by atoms with Gasteiger partial charge in [-0.15, -0.1) is 13.2 Å². The number of benzene rings is 2. The lowest BCUT2D eigenvalue weighted by Crippen LogP contribution is -2.33. The summed E-state index contributed by atoms with van der Waals surface area (Å²) >= 11 is 0. The molecule has 30 heavy (non-hydrogen) atoms. The fourth-order valence-corrected chi connectivity index (χ4v) is 3.90. The smallest absolute Gasteiger partial charge is 0.496 e. The summed E-state index contributed by atoms with van der Waals surface area (Å²) < 4.78 is 57.7. The highest BCUT2D eigenvalue weighted by Crippen LogP contribution is 2.44. The number of ether oxygens (including phenoxy) is 4. The first kappa shape index (κ1) is 22.1. The van der Waals surface area contributed by atoms with Gasteiger partial charge in [-0.25, -0.2) is 0 Å². The molecule has 1 fully saturated rings. The number of rotatable bonds is 7. The molecular weight excluding hydrogens is 399 g/mol. The van der Waals surface area contributed by atoms with Crippen molar-refractivity contribution in [2.45, 2.75) is 38.2 Å². The molecule has 0 aromatic heterocycles. The van der Waals surface area contributed by atoms with Gasteiger partial charge in [0.05, 0.1) is 26.9 Å². The first-order chi connectivity index (χ1) is 14.3. The van der Waals surface area contributed by atoms with E-state index in [2.05, 4.69) is 9.64 Å². The molecule has 0 N–H and O–H groups in total. The zero-order valence-electron chi connectivity index (χ0n) is 17.3. The number of likely N-dealkylation sites (tertiary alicyclic amines) is 1. The summed E-state index contributed by atoms with van der Waals surface area (Å²) in [5.74, 6) is 1.81. The maximum Gasteiger partial charge on any atom is 0.573 e. The Labute approximate surface area is 174 Å². The molecule has 164 valence electrons. The lowest BCUT2D eigenvalue weighted by molar-refractivity contribution is -0.274. The third-order valence-corrected chi connectivity index (χ3v) is 5.24. The highest BCUT2D eigenvalue weighted by atomic mass is 19.4. The maximum absolute atomic E-state index is 12.4. The molecule has 1 atom stereocenters. The molecule has 0 bridgehead atoms. The highest BCUT2D eigenvalue weighted by Gasteiger charge is 2.32. The van der Waals surface area contributed by atoms with Crippen LogP contribution in [-0.4, -0.2) is 39.1 Å². The van der Waals surface area contributed by atoms with Crippen molar-refractivity contribution >= 4 is 0 Å². The van der Waals surface area contributed by atoms with Crippen molar-refractivity contribution in [3.05, 3.63) is 47.5 Å². The standard InChI is InChI=1S/C22H26F3NO4/c1-27-17-12-19(28-2)21(20(13-17)29-3)18-6-4-5-11-26(18)14-15-7-9-16(10-8-15)30-22(23,24)25/h7-10,12-13,18H,4-6,11,14H2,1-3H3. The zero-order chi connectivity index (χ0) is 21.7. The van der Waals surface area contributed by atoms with E-state index < -0.39 is 6.36 Å². The first-order valence-electron chi connectivity index (χ1n) is 9.73. The van der Waals surface area contributed by atoms with Gasteiger partial charge in [-0.05, 0) is 37.1 Å². The lowest BCUT2D eigenvalue weighted by Gasteiger charge is -2.37. The van der Waals surface area contributed by atoms with Crippen LogP contribution in [0.15, 0.2) is 36.4 Å². The maximum atomic E-state index is 12.4. The largest absolute Gasteiger partial charge is 0.573 e. The van der Waals surface area contributed by atoms with Crippen LogP contribution in [0.25, 0.3) is 0 Å². The Morgan fingerprint density at radius 3 is 2.07 bits per heavy atom. The summed E-state index contributed by atoms with van der Waals surface area (Å²) in [7, 11) is 4.82. The lowest BCUT2D eigenvalue weighted by atomic mass is 9.93. The van der Waals surface area contributed by atoms with E-state index >= 15 is 0 Å². The van der Waals surface area contributed by atoms with Crippen LogP contribution in [0.4, 0.5) is 13.2 Å². The van der Waals surface area contributed by atoms with Crippen molar-refractivity contribution in [2.75, 3.05) is 27.9 Å². The minimum Gasteiger partial charge on any atom is -0.496 e. The highest BCUT2D eigenvalue weighted by molar-refractivity contribution is 5.52. The molecule has 2 aromatic rings. The fraction of sp³-hybridized carbons (Fsp3) is 0.455. The predicted molar refractivity (Wildman–Crippen MR) is 106 cm³/mol. The van der Waals surface area contributed by atoms with Gasteiger partial charge in [0.25, 0.3) is 0 Å². The Morgan fingerprint density at radius 1 is 0.900 bits per heavy atom. The van der Waals surface area contributed by atoms with Crippen LogP contribution in [-0.2, 0) is 6.54 Å². The number of alkyl halides is 3. The molecule has 0 spiro atoms. The Hall–Kier alpha value is -2.61. The molecule has 1 saturated heterocycles. The van der Waals surface area contributed by atoms with Crippen molar-refractivity contribution in [1.82, 2.24) is 4.90 Å². The van der Waals surface area contributed by atoms with Crippen molar-refractivity contribution in [2.24, 2.45) is 0 Å². The van der Waals surface area contributed by atoms with Crippen LogP contribution in [0.1, 0.15) is 36.4 Å². The van der Waals surface area contributed by atoms with Gasteiger partial charge >= 0.3 is 6.36 Å². The average Bonchev–Trinajstić information content (AvgIpc) is 2.73. The molecule has 1 aliphatic heterocycles. The number of nitrogens with zero attached hydrogens (tertiary/aromatic N) is 1. The molecule has 2 aromatic carbocycles. The van der Waals surface area contributed by atoms with E-state index in [4.69, 9.17) is 14.2 Å². The molecule has 0 amide bonds. The van der Waals surface area contributed by atoms with E-state index in [1.165, 1.54) is 12.1 Å². The van der Waals surface area contributed by atoms with Gasteiger partial charge in [-0.2, -0.15) is 0 Å². The van der Waals surface area contributed by atoms with Crippen LogP contribution < -0.4 is 18.9 Å². The van der Waals surface area contributed by atoms with E-state index in [9.17, 15) is 13.2 Å². The van der Waals surface area contributed by atoms with E-state index in [1.54, 1.807) is 33.5 Å². The second-order valence-corrected chi connectivity index (χ2v) is 7.12. The van der Waals surface area contributed by atoms with Gasteiger partial charge in [-0.1, -0.05) is 18.6 Å². The van der Waals surface area contributed by atoms with E-state index in [-0.39, 0.29) is 11.8 Å². The molecule has 1 aliphatic rings. The second kappa shape index (κ2) is 9.47. The Kier molecular flexibility index (Phi) is 6.97. The van der Waals surface area contributed by atoms with Gasteiger partial charge in [0, 0.05) is 24.7 Å². The van der Waals surface area contributed by atoms with Gasteiger partial charge in [0.2, 0.25) is 0 Å². The number of piperidine rings is 1. The minimum atomic E-state index is -4.69. The third-order valence-electron chi connectivity index (χ3n) is 5.24. The van der Waals surface area contributed by atoms with Crippen LogP contribution in [0.5, 0.6) is 23.0 Å². The van der Waals surface area contributed by atoms with Crippen LogP contribution in [0.2, 0.25) is 0 Å². The average molecular weight is 425 g/mol. The first-order valence-corrected chi connectivity index (χ1v) is 9.73. The topological polar surface area (TPSA) is 40.2 Å². The molecule has 1 unspecified atom stereocenters. The Balaban J connectivity index is 1.85. The quantitative estimate of drug-likeness (QED) is 0.599. The van der Waals surface area contributed by atoms with E-state index in [0.717, 1.165) is 36.9 Å². The SMILES string of the molecule is COc1cc(OC)c(C2CCCCN2Cc2ccc(OC(F)(F)F)cc2)c(OC)c1. The predicted octanol–water partition coefficient (Wildman–Crippen LogP) is 5.34. The number of hydrogen-bond donors (Lipinski definition) is 0. The molecule has 1 heterocycles. The Bertz CT molecular complexity index is 814. The van der Waals surface area contributed by atoms with Crippen LogP contribution in [0, 0.1) is 0 Å². The van der Waals surface area contributed by atoms with Crippen molar-refractivity contribution in [3.8, 4) is 23.0 Å². The molecule has 0 radical (unpaired) electrons. The van der Waals surface area contributed by atoms with Crippen molar-refractivity contribution < 1.29 is 32.1 Å². The molecule has 0 saturated carbocycles. The van der Waals surface area contributed by atoms with E-state index in [0.29, 0.717) is 23.8 Å². The summed E-state index contributed by atoms with van der Waals surface area (Å²) in [5.41, 5.74) is 1.86. The summed E-state index contributed by atoms with van der Waals surface area (Å²) in [6, 6.07) is 9.75. The third kappa shape index (κ3) is 5.30. The summed E-state index contributed by atoms with van der Waals surface area (Å²) in [6.45, 7) is 1.46. The molecule has 0 aliphatic carbocycles. The van der Waals surface area contributed by atoms with E-state index in [1.807, 2.05) is 12.1 Å². The van der Waals surface area contributed by atoms with Crippen molar-refractivity contribution in [3.63, 3.8) is 0 Å². The molecular formula is C22H26F3NO4. The summed E-state index contributed by atoms with van der Waals surface area (Å²) in [5, 5.41) is 0. The van der Waals surface area contributed by atoms with Gasteiger partial charge < -0.3 is 18.9 Å². The van der Waals surface area contributed by atoms with Crippen molar-refractivity contribution in [1.29, 1.82) is 0 Å². The zero-order valence-corrected chi connectivity index (χ0v) is 17.3. The second-order valence-electron chi connectivity index (χ2n) is 7.12. The summed E-state index contributed by atoms with van der Waals surface area (Å²) in [4.78, 5) is 2.30. The van der Waals surface area contributed by atoms with Crippen LogP contribution >= 0.6 is 0 Å². The summed E-state index contributed by atoms with van der Waals surface area (Å²) in [6.07, 6.45) is -1.65. The Morgan fingerprint density at radius 2 is 1.53 bits per heavy atom. The van der Waals surface area contributed by atoms with Gasteiger partial charge in [0.1, 0.15) is 23.0 Å². The fourth-order valence-electron chi connectivity index (χ4n) is 3.90. The number of halogens is 3. The normalized spacial score (nSPS) is 17.5. The minimum absolute atomic E-state index is 0.0562. The van der Waals surface area contributed by atoms with Gasteiger partial charge in [0.15, 0.2) is 0 Å². The number of methoxy groups -OCH3 is 3. The monoisotopic (exact) mass is 425 g/mol. The van der Waals surface area contributed by atoms with Gasteiger partial charge in [-0.3, -0.25) is 4.90 Å². The molecule has 3 rings (SSSR count). The van der Waals surface area contributed by atoms with Crippen LogP contribution in [0.3, 0.4) is 0 Å². The molecule has 5 nitrogen and oxygen atoms in total. The molecule has 8 heteroatoms.